The van der Waals surface area contributed by atoms with Crippen molar-refractivity contribution in [1.29, 1.82) is 0 Å². The van der Waals surface area contributed by atoms with Crippen LogP contribution < -0.4 is 5.32 Å². The summed E-state index contributed by atoms with van der Waals surface area (Å²) in [5.74, 6) is 0. The molecular weight excluding hydrogens is 244 g/mol. The lowest BCUT2D eigenvalue weighted by Crippen LogP contribution is -2.43. The molecule has 104 valence electrons. The molecule has 0 bridgehead atoms. The lowest BCUT2D eigenvalue weighted by molar-refractivity contribution is 0.0768. The molecule has 1 fully saturated rings. The summed E-state index contributed by atoms with van der Waals surface area (Å²) in [4.78, 5) is 15.3. The zero-order valence-corrected chi connectivity index (χ0v) is 11.0. The van der Waals surface area contributed by atoms with Crippen molar-refractivity contribution < 1.29 is 9.90 Å². The summed E-state index contributed by atoms with van der Waals surface area (Å²) in [6, 6.07) is 4.11. The average Bonchev–Trinajstić information content (AvgIpc) is 2.98. The normalized spacial score (nSPS) is 21.3. The predicted molar refractivity (Wildman–Crippen MR) is 70.7 cm³/mol. The molecule has 0 saturated carbocycles. The third-order valence-electron chi connectivity index (χ3n) is 3.81. The molecule has 2 amide bonds. The van der Waals surface area contributed by atoms with Crippen LogP contribution in [0.4, 0.5) is 4.79 Å². The smallest absolute Gasteiger partial charge is 0.317 e. The van der Waals surface area contributed by atoms with Gasteiger partial charge in [-0.05, 0) is 12.1 Å². The number of aliphatic hydroxyl groups excluding tert-OH is 1. The fraction of sp³-hybridized carbons (Fsp3) is 0.615. The summed E-state index contributed by atoms with van der Waals surface area (Å²) in [5, 5.41) is 12.9. The molecule has 0 aliphatic carbocycles. The number of nitrogens with zero attached hydrogens (tertiary/aromatic N) is 3. The summed E-state index contributed by atoms with van der Waals surface area (Å²) in [6.07, 6.45) is 1.61. The molecule has 6 heteroatoms. The van der Waals surface area contributed by atoms with Crippen molar-refractivity contribution in [3.05, 3.63) is 24.0 Å². The number of hydrogen-bond donors (Lipinski definition) is 2. The SMILES string of the molecule is O=C1NCCN1CC(O)CN1CCn2cccc2C1. The zero-order chi connectivity index (χ0) is 13.2. The van der Waals surface area contributed by atoms with E-state index >= 15 is 0 Å². The van der Waals surface area contributed by atoms with E-state index in [4.69, 9.17) is 0 Å². The maximum absolute atomic E-state index is 11.4. The highest BCUT2D eigenvalue weighted by molar-refractivity contribution is 5.76. The summed E-state index contributed by atoms with van der Waals surface area (Å²) in [5.41, 5.74) is 1.29. The second kappa shape index (κ2) is 5.22. The van der Waals surface area contributed by atoms with E-state index in [1.165, 1.54) is 5.69 Å². The van der Waals surface area contributed by atoms with Crippen LogP contribution in [0.2, 0.25) is 0 Å². The minimum Gasteiger partial charge on any atom is -0.390 e. The van der Waals surface area contributed by atoms with E-state index in [1.807, 2.05) is 0 Å². The highest BCUT2D eigenvalue weighted by Crippen LogP contribution is 2.13. The third kappa shape index (κ3) is 2.74. The molecule has 2 aliphatic rings. The maximum atomic E-state index is 11.4. The molecule has 6 nitrogen and oxygen atoms in total. The Kier molecular flexibility index (Phi) is 3.44. The zero-order valence-electron chi connectivity index (χ0n) is 11.0. The van der Waals surface area contributed by atoms with Gasteiger partial charge in [-0.15, -0.1) is 0 Å². The molecule has 1 saturated heterocycles. The molecule has 1 atom stereocenters. The van der Waals surface area contributed by atoms with E-state index in [0.29, 0.717) is 26.2 Å². The fourth-order valence-corrected chi connectivity index (χ4v) is 2.82. The molecule has 0 aromatic carbocycles. The van der Waals surface area contributed by atoms with Gasteiger partial charge >= 0.3 is 6.03 Å². The van der Waals surface area contributed by atoms with Crippen LogP contribution in [0.1, 0.15) is 5.69 Å². The van der Waals surface area contributed by atoms with Gasteiger partial charge in [0.2, 0.25) is 0 Å². The number of amides is 2. The number of carbonyl (C=O) groups is 1. The number of rotatable bonds is 4. The van der Waals surface area contributed by atoms with Gasteiger partial charge in [0, 0.05) is 57.7 Å². The number of aromatic nitrogens is 1. The van der Waals surface area contributed by atoms with Gasteiger partial charge in [-0.1, -0.05) is 0 Å². The number of fused-ring (bicyclic) bond motifs is 1. The minimum atomic E-state index is -0.481. The summed E-state index contributed by atoms with van der Waals surface area (Å²) >= 11 is 0. The third-order valence-corrected chi connectivity index (χ3v) is 3.81. The van der Waals surface area contributed by atoms with Crippen molar-refractivity contribution >= 4 is 6.03 Å². The molecule has 1 aromatic rings. The van der Waals surface area contributed by atoms with Crippen LogP contribution >= 0.6 is 0 Å². The lowest BCUT2D eigenvalue weighted by atomic mass is 10.2. The second-order valence-corrected chi connectivity index (χ2v) is 5.26. The lowest BCUT2D eigenvalue weighted by Gasteiger charge is -2.31. The van der Waals surface area contributed by atoms with Crippen LogP contribution in [0.5, 0.6) is 0 Å². The highest BCUT2D eigenvalue weighted by Gasteiger charge is 2.24. The van der Waals surface area contributed by atoms with Crippen LogP contribution in [-0.2, 0) is 13.1 Å². The van der Waals surface area contributed by atoms with Crippen molar-refractivity contribution in [2.24, 2.45) is 0 Å². The predicted octanol–water partition coefficient (Wildman–Crippen LogP) is -0.310. The van der Waals surface area contributed by atoms with Gasteiger partial charge in [0.05, 0.1) is 6.10 Å². The Hall–Kier alpha value is -1.53. The van der Waals surface area contributed by atoms with Crippen LogP contribution in [-0.4, -0.2) is 64.3 Å². The first kappa shape index (κ1) is 12.5. The van der Waals surface area contributed by atoms with E-state index < -0.39 is 6.10 Å². The van der Waals surface area contributed by atoms with Crippen molar-refractivity contribution in [1.82, 2.24) is 19.7 Å². The first-order valence-corrected chi connectivity index (χ1v) is 6.79. The summed E-state index contributed by atoms with van der Waals surface area (Å²) in [6.45, 7) is 5.21. The first-order valence-electron chi connectivity index (χ1n) is 6.79. The van der Waals surface area contributed by atoms with Gasteiger partial charge in [0.25, 0.3) is 0 Å². The highest BCUT2D eigenvalue weighted by atomic mass is 16.3. The monoisotopic (exact) mass is 264 g/mol. The minimum absolute atomic E-state index is 0.0634. The number of aliphatic hydroxyl groups is 1. The van der Waals surface area contributed by atoms with E-state index in [9.17, 15) is 9.90 Å². The summed E-state index contributed by atoms with van der Waals surface area (Å²) < 4.78 is 2.25. The fourth-order valence-electron chi connectivity index (χ4n) is 2.82. The Labute approximate surface area is 112 Å². The van der Waals surface area contributed by atoms with Crippen LogP contribution in [0.25, 0.3) is 0 Å². The Bertz CT molecular complexity index is 459. The Morgan fingerprint density at radius 2 is 2.21 bits per heavy atom. The Balaban J connectivity index is 1.50. The number of hydrogen-bond acceptors (Lipinski definition) is 3. The molecule has 3 rings (SSSR count). The number of carbonyl (C=O) groups excluding carboxylic acids is 1. The molecule has 3 heterocycles. The van der Waals surface area contributed by atoms with Crippen molar-refractivity contribution in [3.63, 3.8) is 0 Å². The van der Waals surface area contributed by atoms with E-state index in [-0.39, 0.29) is 6.03 Å². The largest absolute Gasteiger partial charge is 0.390 e. The van der Waals surface area contributed by atoms with Gasteiger partial charge in [-0.2, -0.15) is 0 Å². The van der Waals surface area contributed by atoms with Crippen LogP contribution in [0, 0.1) is 0 Å². The molecule has 1 aromatic heterocycles. The van der Waals surface area contributed by atoms with E-state index in [2.05, 4.69) is 33.1 Å². The van der Waals surface area contributed by atoms with Crippen molar-refractivity contribution in [3.8, 4) is 0 Å². The van der Waals surface area contributed by atoms with Gasteiger partial charge in [0.1, 0.15) is 0 Å². The van der Waals surface area contributed by atoms with Gasteiger partial charge in [-0.3, -0.25) is 4.90 Å². The molecule has 0 radical (unpaired) electrons. The molecular formula is C13H20N4O2. The molecule has 2 N–H and O–H groups in total. The average molecular weight is 264 g/mol. The van der Waals surface area contributed by atoms with E-state index in [1.54, 1.807) is 4.90 Å². The molecule has 0 spiro atoms. The summed E-state index contributed by atoms with van der Waals surface area (Å²) in [7, 11) is 0. The van der Waals surface area contributed by atoms with Gasteiger partial charge < -0.3 is 19.9 Å². The van der Waals surface area contributed by atoms with Crippen LogP contribution in [0.15, 0.2) is 18.3 Å². The number of urea groups is 1. The number of nitrogens with one attached hydrogen (secondary N) is 1. The van der Waals surface area contributed by atoms with Gasteiger partial charge in [0.15, 0.2) is 0 Å². The molecule has 2 aliphatic heterocycles. The van der Waals surface area contributed by atoms with E-state index in [0.717, 1.165) is 19.6 Å². The number of β-amino-alcohol motifs (C(OH)–C–C–N with tert-alkyl or cyclic N) is 1. The first-order chi connectivity index (χ1) is 9.22. The standard InChI is InChI=1S/C13H20N4O2/c18-12(10-17-5-3-14-13(17)19)9-15-6-7-16-4-1-2-11(16)8-15/h1-2,4,12,18H,3,5-10H2,(H,14,19). The van der Waals surface area contributed by atoms with Crippen molar-refractivity contribution in [2.75, 3.05) is 32.7 Å². The van der Waals surface area contributed by atoms with Crippen LogP contribution in [0.3, 0.4) is 0 Å². The Morgan fingerprint density at radius 3 is 3.00 bits per heavy atom. The maximum Gasteiger partial charge on any atom is 0.317 e. The van der Waals surface area contributed by atoms with Crippen molar-refractivity contribution in [2.45, 2.75) is 19.2 Å². The second-order valence-electron chi connectivity index (χ2n) is 5.26. The quantitative estimate of drug-likeness (QED) is 0.784. The van der Waals surface area contributed by atoms with Gasteiger partial charge in [-0.25, -0.2) is 4.79 Å². The Morgan fingerprint density at radius 1 is 1.32 bits per heavy atom. The topological polar surface area (TPSA) is 60.7 Å². The molecule has 1 unspecified atom stereocenters. The molecule has 19 heavy (non-hydrogen) atoms.